The van der Waals surface area contributed by atoms with E-state index in [0.717, 1.165) is 30.3 Å². The molecule has 1 aliphatic rings. The van der Waals surface area contributed by atoms with Gasteiger partial charge in [-0.05, 0) is 45.1 Å². The Bertz CT molecular complexity index is 432. The zero-order chi connectivity index (χ0) is 14.7. The molecule has 0 radical (unpaired) electrons. The standard InChI is InChI=1S/C16H27N3O/c1-10(2)8-17-9-14-11(3)18-16(19-12(14)4)15(20-5)13-6-7-13/h10,13,15,17H,6-9H2,1-5H3. The van der Waals surface area contributed by atoms with Crippen LogP contribution in [-0.2, 0) is 11.3 Å². The van der Waals surface area contributed by atoms with E-state index in [-0.39, 0.29) is 6.10 Å². The van der Waals surface area contributed by atoms with Crippen LogP contribution in [0.4, 0.5) is 0 Å². The molecule has 0 saturated heterocycles. The van der Waals surface area contributed by atoms with Gasteiger partial charge in [0.1, 0.15) is 6.10 Å². The highest BCUT2D eigenvalue weighted by atomic mass is 16.5. The van der Waals surface area contributed by atoms with Crippen molar-refractivity contribution in [3.05, 3.63) is 22.8 Å². The predicted molar refractivity (Wildman–Crippen MR) is 80.5 cm³/mol. The normalized spacial score (nSPS) is 16.7. The molecule has 1 aromatic rings. The fraction of sp³-hybridized carbons (Fsp3) is 0.750. The maximum absolute atomic E-state index is 5.58. The van der Waals surface area contributed by atoms with Crippen LogP contribution in [0.15, 0.2) is 0 Å². The first-order chi connectivity index (χ1) is 9.52. The Labute approximate surface area is 122 Å². The average Bonchev–Trinajstić information content (AvgIpc) is 3.18. The number of nitrogens with one attached hydrogen (secondary N) is 1. The van der Waals surface area contributed by atoms with Gasteiger partial charge in [0, 0.05) is 30.6 Å². The molecule has 1 heterocycles. The molecule has 1 fully saturated rings. The highest BCUT2D eigenvalue weighted by Crippen LogP contribution is 2.42. The molecule has 112 valence electrons. The van der Waals surface area contributed by atoms with Gasteiger partial charge in [-0.15, -0.1) is 0 Å². The van der Waals surface area contributed by atoms with Gasteiger partial charge in [0.15, 0.2) is 5.82 Å². The third kappa shape index (κ3) is 3.76. The first kappa shape index (κ1) is 15.4. The van der Waals surface area contributed by atoms with Gasteiger partial charge >= 0.3 is 0 Å². The van der Waals surface area contributed by atoms with Gasteiger partial charge in [-0.25, -0.2) is 9.97 Å². The lowest BCUT2D eigenvalue weighted by atomic mass is 10.1. The molecular weight excluding hydrogens is 250 g/mol. The number of aromatic nitrogens is 2. The summed E-state index contributed by atoms with van der Waals surface area (Å²) in [5.41, 5.74) is 3.37. The lowest BCUT2D eigenvalue weighted by molar-refractivity contribution is 0.0768. The Balaban J connectivity index is 2.11. The second-order valence-electron chi connectivity index (χ2n) is 6.25. The number of hydrogen-bond donors (Lipinski definition) is 1. The van der Waals surface area contributed by atoms with Crippen molar-refractivity contribution < 1.29 is 4.74 Å². The van der Waals surface area contributed by atoms with Crippen LogP contribution in [0.1, 0.15) is 55.6 Å². The molecule has 1 atom stereocenters. The van der Waals surface area contributed by atoms with Crippen LogP contribution in [0.25, 0.3) is 0 Å². The first-order valence-electron chi connectivity index (χ1n) is 7.60. The smallest absolute Gasteiger partial charge is 0.157 e. The van der Waals surface area contributed by atoms with E-state index in [1.165, 1.54) is 18.4 Å². The summed E-state index contributed by atoms with van der Waals surface area (Å²) in [5.74, 6) is 2.13. The van der Waals surface area contributed by atoms with Crippen molar-refractivity contribution in [2.24, 2.45) is 11.8 Å². The van der Waals surface area contributed by atoms with Gasteiger partial charge < -0.3 is 10.1 Å². The van der Waals surface area contributed by atoms with E-state index in [1.807, 2.05) is 0 Å². The summed E-state index contributed by atoms with van der Waals surface area (Å²) >= 11 is 0. The molecule has 4 nitrogen and oxygen atoms in total. The summed E-state index contributed by atoms with van der Waals surface area (Å²) < 4.78 is 5.58. The molecule has 20 heavy (non-hydrogen) atoms. The SMILES string of the molecule is COC(c1nc(C)c(CNCC(C)C)c(C)n1)C1CC1. The molecule has 0 bridgehead atoms. The minimum absolute atomic E-state index is 0.0741. The Kier molecular flexibility index (Phi) is 5.11. The van der Waals surface area contributed by atoms with Crippen molar-refractivity contribution in [3.8, 4) is 0 Å². The zero-order valence-corrected chi connectivity index (χ0v) is 13.4. The summed E-state index contributed by atoms with van der Waals surface area (Å²) in [6.07, 6.45) is 2.54. The van der Waals surface area contributed by atoms with E-state index >= 15 is 0 Å². The molecule has 1 saturated carbocycles. The number of hydrogen-bond acceptors (Lipinski definition) is 4. The topological polar surface area (TPSA) is 47.0 Å². The van der Waals surface area contributed by atoms with Crippen molar-refractivity contribution >= 4 is 0 Å². The molecule has 0 spiro atoms. The van der Waals surface area contributed by atoms with Gasteiger partial charge in [0.05, 0.1) is 0 Å². The quantitative estimate of drug-likeness (QED) is 0.832. The molecular formula is C16H27N3O. The summed E-state index contributed by atoms with van der Waals surface area (Å²) in [7, 11) is 1.76. The Morgan fingerprint density at radius 2 is 1.80 bits per heavy atom. The fourth-order valence-corrected chi connectivity index (χ4v) is 2.54. The van der Waals surface area contributed by atoms with Crippen LogP contribution < -0.4 is 5.32 Å². The summed E-state index contributed by atoms with van der Waals surface area (Å²) in [5, 5.41) is 3.47. The average molecular weight is 277 g/mol. The third-order valence-electron chi connectivity index (χ3n) is 3.85. The second-order valence-corrected chi connectivity index (χ2v) is 6.25. The highest BCUT2D eigenvalue weighted by molar-refractivity contribution is 5.25. The van der Waals surface area contributed by atoms with E-state index in [2.05, 4.69) is 43.0 Å². The van der Waals surface area contributed by atoms with E-state index in [4.69, 9.17) is 4.74 Å². The molecule has 0 aliphatic heterocycles. The molecule has 1 aromatic heterocycles. The van der Waals surface area contributed by atoms with Crippen molar-refractivity contribution in [2.45, 2.75) is 53.2 Å². The molecule has 1 unspecified atom stereocenters. The second kappa shape index (κ2) is 6.64. The van der Waals surface area contributed by atoms with Crippen molar-refractivity contribution in [3.63, 3.8) is 0 Å². The summed E-state index contributed by atoms with van der Waals surface area (Å²) in [6.45, 7) is 10.4. The van der Waals surface area contributed by atoms with Crippen molar-refractivity contribution in [1.29, 1.82) is 0 Å². The van der Waals surface area contributed by atoms with E-state index in [0.29, 0.717) is 11.8 Å². The van der Waals surface area contributed by atoms with Crippen LogP contribution in [0.2, 0.25) is 0 Å². The predicted octanol–water partition coefficient (Wildman–Crippen LogP) is 2.94. The fourth-order valence-electron chi connectivity index (χ4n) is 2.54. The van der Waals surface area contributed by atoms with E-state index < -0.39 is 0 Å². The molecule has 0 amide bonds. The van der Waals surface area contributed by atoms with Crippen molar-refractivity contribution in [2.75, 3.05) is 13.7 Å². The Hall–Kier alpha value is -1.00. The van der Waals surface area contributed by atoms with Crippen LogP contribution in [0, 0.1) is 25.7 Å². The summed E-state index contributed by atoms with van der Waals surface area (Å²) in [4.78, 5) is 9.38. The number of nitrogens with zero attached hydrogens (tertiary/aromatic N) is 2. The van der Waals surface area contributed by atoms with Crippen LogP contribution in [-0.4, -0.2) is 23.6 Å². The first-order valence-corrected chi connectivity index (χ1v) is 7.60. The molecule has 2 rings (SSSR count). The number of methoxy groups -OCH3 is 1. The van der Waals surface area contributed by atoms with Crippen molar-refractivity contribution in [1.82, 2.24) is 15.3 Å². The Morgan fingerprint density at radius 3 is 2.25 bits per heavy atom. The third-order valence-corrected chi connectivity index (χ3v) is 3.85. The monoisotopic (exact) mass is 277 g/mol. The number of rotatable bonds is 7. The Morgan fingerprint density at radius 1 is 1.20 bits per heavy atom. The van der Waals surface area contributed by atoms with Gasteiger partial charge in [-0.3, -0.25) is 0 Å². The van der Waals surface area contributed by atoms with Gasteiger partial charge in [-0.2, -0.15) is 0 Å². The number of ether oxygens (including phenoxy) is 1. The maximum atomic E-state index is 5.58. The highest BCUT2D eigenvalue weighted by Gasteiger charge is 2.34. The van der Waals surface area contributed by atoms with E-state index in [1.54, 1.807) is 7.11 Å². The maximum Gasteiger partial charge on any atom is 0.157 e. The minimum atomic E-state index is 0.0741. The minimum Gasteiger partial charge on any atom is -0.373 e. The van der Waals surface area contributed by atoms with Gasteiger partial charge in [0.2, 0.25) is 0 Å². The summed E-state index contributed by atoms with van der Waals surface area (Å²) in [6, 6.07) is 0. The molecule has 0 aromatic carbocycles. The van der Waals surface area contributed by atoms with E-state index in [9.17, 15) is 0 Å². The van der Waals surface area contributed by atoms with Crippen LogP contribution in [0.3, 0.4) is 0 Å². The number of aryl methyl sites for hydroxylation is 2. The lowest BCUT2D eigenvalue weighted by Gasteiger charge is -2.17. The van der Waals surface area contributed by atoms with Crippen LogP contribution >= 0.6 is 0 Å². The molecule has 4 heteroatoms. The van der Waals surface area contributed by atoms with Gasteiger partial charge in [-0.1, -0.05) is 13.8 Å². The lowest BCUT2D eigenvalue weighted by Crippen LogP contribution is -2.21. The molecule has 1 aliphatic carbocycles. The van der Waals surface area contributed by atoms with Gasteiger partial charge in [0.25, 0.3) is 0 Å². The largest absolute Gasteiger partial charge is 0.373 e. The zero-order valence-electron chi connectivity index (χ0n) is 13.4. The van der Waals surface area contributed by atoms with Crippen LogP contribution in [0.5, 0.6) is 0 Å². The molecule has 1 N–H and O–H groups in total.